The van der Waals surface area contributed by atoms with E-state index in [-0.39, 0.29) is 5.56 Å². The van der Waals surface area contributed by atoms with Crippen LogP contribution in [0.15, 0.2) is 23.1 Å². The minimum atomic E-state index is -4.65. The van der Waals surface area contributed by atoms with Crippen molar-refractivity contribution in [3.05, 3.63) is 29.3 Å². The van der Waals surface area contributed by atoms with Crippen LogP contribution in [0.3, 0.4) is 0 Å². The third-order valence-electron chi connectivity index (χ3n) is 1.70. The number of carbonyl (C=O) groups excluding carboxylic acids is 2. The van der Waals surface area contributed by atoms with E-state index in [1.54, 1.807) is 0 Å². The SMILES string of the molecule is O=C(Cl)c1ccc(C(=O)Cl)c(S(=O)(=O)O)c1. The molecule has 8 heteroatoms. The minimum absolute atomic E-state index is 0.170. The van der Waals surface area contributed by atoms with Crippen LogP contribution in [-0.2, 0) is 10.1 Å². The van der Waals surface area contributed by atoms with E-state index in [1.807, 2.05) is 0 Å². The summed E-state index contributed by atoms with van der Waals surface area (Å²) in [5, 5.41) is -1.99. The lowest BCUT2D eigenvalue weighted by atomic mass is 10.1. The van der Waals surface area contributed by atoms with Crippen molar-refractivity contribution in [3.63, 3.8) is 0 Å². The lowest BCUT2D eigenvalue weighted by molar-refractivity contribution is 0.106. The quantitative estimate of drug-likeness (QED) is 0.673. The van der Waals surface area contributed by atoms with Crippen LogP contribution < -0.4 is 0 Å². The van der Waals surface area contributed by atoms with Crippen molar-refractivity contribution in [1.82, 2.24) is 0 Å². The summed E-state index contributed by atoms with van der Waals surface area (Å²) in [6.45, 7) is 0. The summed E-state index contributed by atoms with van der Waals surface area (Å²) in [7, 11) is -4.65. The summed E-state index contributed by atoms with van der Waals surface area (Å²) in [6.07, 6.45) is 0. The molecule has 0 radical (unpaired) electrons. The number of halogens is 2. The smallest absolute Gasteiger partial charge is 0.282 e. The molecule has 0 saturated heterocycles. The summed E-state index contributed by atoms with van der Waals surface area (Å²) < 4.78 is 30.7. The molecule has 5 nitrogen and oxygen atoms in total. The van der Waals surface area contributed by atoms with Gasteiger partial charge in [0.1, 0.15) is 4.90 Å². The van der Waals surface area contributed by atoms with Gasteiger partial charge in [0.2, 0.25) is 0 Å². The summed E-state index contributed by atoms with van der Waals surface area (Å²) in [4.78, 5) is 20.9. The van der Waals surface area contributed by atoms with E-state index < -0.39 is 31.1 Å². The van der Waals surface area contributed by atoms with Gasteiger partial charge in [-0.2, -0.15) is 8.42 Å². The number of carbonyl (C=O) groups is 2. The Labute approximate surface area is 101 Å². The van der Waals surface area contributed by atoms with Crippen LogP contribution in [0.25, 0.3) is 0 Å². The topological polar surface area (TPSA) is 88.5 Å². The Morgan fingerprint density at radius 3 is 2.06 bits per heavy atom. The Bertz CT molecular complexity index is 564. The number of rotatable bonds is 3. The maximum atomic E-state index is 10.9. The van der Waals surface area contributed by atoms with Gasteiger partial charge in [-0.05, 0) is 41.4 Å². The van der Waals surface area contributed by atoms with Crippen LogP contribution in [0.5, 0.6) is 0 Å². The fourth-order valence-corrected chi connectivity index (χ4v) is 2.07. The Kier molecular flexibility index (Phi) is 3.69. The molecule has 1 aromatic rings. The average Bonchev–Trinajstić information content (AvgIpc) is 2.15. The Morgan fingerprint density at radius 2 is 1.69 bits per heavy atom. The van der Waals surface area contributed by atoms with E-state index in [4.69, 9.17) is 27.8 Å². The van der Waals surface area contributed by atoms with Gasteiger partial charge in [0, 0.05) is 5.56 Å². The molecule has 0 aliphatic heterocycles. The van der Waals surface area contributed by atoms with E-state index in [0.717, 1.165) is 18.2 Å². The molecule has 1 N–H and O–H groups in total. The van der Waals surface area contributed by atoms with E-state index in [1.165, 1.54) is 0 Å². The van der Waals surface area contributed by atoms with Crippen LogP contribution in [0.1, 0.15) is 20.7 Å². The predicted molar refractivity (Wildman–Crippen MR) is 56.6 cm³/mol. The molecule has 0 unspecified atom stereocenters. The van der Waals surface area contributed by atoms with E-state index in [9.17, 15) is 18.0 Å². The lowest BCUT2D eigenvalue weighted by Gasteiger charge is -2.03. The highest BCUT2D eigenvalue weighted by molar-refractivity contribution is 7.86. The van der Waals surface area contributed by atoms with E-state index in [2.05, 4.69) is 0 Å². The van der Waals surface area contributed by atoms with Crippen molar-refractivity contribution in [1.29, 1.82) is 0 Å². The van der Waals surface area contributed by atoms with Crippen LogP contribution in [-0.4, -0.2) is 23.5 Å². The molecule has 0 heterocycles. The van der Waals surface area contributed by atoms with Crippen LogP contribution >= 0.6 is 23.2 Å². The molecule has 0 saturated carbocycles. The molecule has 86 valence electrons. The molecule has 0 atom stereocenters. The molecular weight excluding hydrogens is 279 g/mol. The molecule has 0 fully saturated rings. The lowest BCUT2D eigenvalue weighted by Crippen LogP contribution is -2.07. The molecule has 0 aromatic heterocycles. The first-order valence-corrected chi connectivity index (χ1v) is 5.94. The second-order valence-electron chi connectivity index (χ2n) is 2.73. The highest BCUT2D eigenvalue weighted by Gasteiger charge is 2.21. The van der Waals surface area contributed by atoms with Crippen LogP contribution in [0.2, 0.25) is 0 Å². The maximum Gasteiger partial charge on any atom is 0.295 e. The summed E-state index contributed by atoms with van der Waals surface area (Å²) in [5.41, 5.74) is -0.596. The summed E-state index contributed by atoms with van der Waals surface area (Å²) in [6, 6.07) is 2.90. The van der Waals surface area contributed by atoms with Gasteiger partial charge in [-0.15, -0.1) is 0 Å². The molecule has 0 aliphatic carbocycles. The molecule has 1 aromatic carbocycles. The largest absolute Gasteiger partial charge is 0.295 e. The van der Waals surface area contributed by atoms with Gasteiger partial charge in [0.15, 0.2) is 0 Å². The van der Waals surface area contributed by atoms with Crippen LogP contribution in [0, 0.1) is 0 Å². The first-order valence-electron chi connectivity index (χ1n) is 3.74. The second-order valence-corrected chi connectivity index (χ2v) is 4.81. The van der Waals surface area contributed by atoms with E-state index in [0.29, 0.717) is 0 Å². The van der Waals surface area contributed by atoms with Crippen LogP contribution in [0.4, 0.5) is 0 Å². The molecule has 0 bridgehead atoms. The van der Waals surface area contributed by atoms with Gasteiger partial charge in [-0.3, -0.25) is 14.1 Å². The van der Waals surface area contributed by atoms with Crippen molar-refractivity contribution in [2.24, 2.45) is 0 Å². The first kappa shape index (κ1) is 13.1. The van der Waals surface area contributed by atoms with Gasteiger partial charge in [-0.1, -0.05) is 0 Å². The first-order chi connectivity index (χ1) is 7.23. The minimum Gasteiger partial charge on any atom is -0.282 e. The summed E-state index contributed by atoms with van der Waals surface area (Å²) in [5.74, 6) is 0. The standard InChI is InChI=1S/C8H4Cl2O5S/c9-7(11)4-1-2-5(8(10)12)6(3-4)16(13,14)15/h1-3H,(H,13,14,15). The van der Waals surface area contributed by atoms with Gasteiger partial charge in [0.25, 0.3) is 20.6 Å². The number of hydrogen-bond acceptors (Lipinski definition) is 4. The predicted octanol–water partition coefficient (Wildman–Crippen LogP) is 1.69. The number of hydrogen-bond donors (Lipinski definition) is 1. The van der Waals surface area contributed by atoms with Gasteiger partial charge in [-0.25, -0.2) is 0 Å². The summed E-state index contributed by atoms with van der Waals surface area (Å²) >= 11 is 10.2. The second kappa shape index (κ2) is 4.50. The molecule has 0 spiro atoms. The van der Waals surface area contributed by atoms with Crippen molar-refractivity contribution in [3.8, 4) is 0 Å². The van der Waals surface area contributed by atoms with Crippen molar-refractivity contribution >= 4 is 43.8 Å². The fourth-order valence-electron chi connectivity index (χ4n) is 1.02. The highest BCUT2D eigenvalue weighted by atomic mass is 35.5. The van der Waals surface area contributed by atoms with Gasteiger partial charge < -0.3 is 0 Å². The molecule has 1 rings (SSSR count). The Hall–Kier alpha value is -0.950. The zero-order valence-corrected chi connectivity index (χ0v) is 9.80. The zero-order chi connectivity index (χ0) is 12.5. The van der Waals surface area contributed by atoms with Crippen molar-refractivity contribution in [2.75, 3.05) is 0 Å². The zero-order valence-electron chi connectivity index (χ0n) is 7.48. The Morgan fingerprint density at radius 1 is 1.12 bits per heavy atom. The fraction of sp³-hybridized carbons (Fsp3) is 0. The van der Waals surface area contributed by atoms with Gasteiger partial charge >= 0.3 is 0 Å². The highest BCUT2D eigenvalue weighted by Crippen LogP contribution is 2.20. The molecule has 0 amide bonds. The third kappa shape index (κ3) is 2.79. The monoisotopic (exact) mass is 282 g/mol. The number of benzene rings is 1. The maximum absolute atomic E-state index is 10.9. The third-order valence-corrected chi connectivity index (χ3v) is 3.01. The molecule has 0 aliphatic rings. The van der Waals surface area contributed by atoms with Gasteiger partial charge in [0.05, 0.1) is 5.56 Å². The van der Waals surface area contributed by atoms with E-state index >= 15 is 0 Å². The molecule has 16 heavy (non-hydrogen) atoms. The normalized spacial score (nSPS) is 11.2. The van der Waals surface area contributed by atoms with Crippen molar-refractivity contribution < 1.29 is 22.6 Å². The molecular formula is C8H4Cl2O5S. The average molecular weight is 283 g/mol. The van der Waals surface area contributed by atoms with Crippen molar-refractivity contribution in [2.45, 2.75) is 4.90 Å². The Balaban J connectivity index is 3.58.